The normalized spacial score (nSPS) is 36.2. The minimum absolute atomic E-state index is 0.00393. The number of fused-ring (bicyclic) bond motifs is 3. The third kappa shape index (κ3) is 2.54. The van der Waals surface area contributed by atoms with Gasteiger partial charge in [-0.15, -0.1) is 0 Å². The third-order valence-electron chi connectivity index (χ3n) is 6.43. The van der Waals surface area contributed by atoms with E-state index in [9.17, 15) is 14.7 Å². The van der Waals surface area contributed by atoms with Crippen LogP contribution in [0.4, 0.5) is 0 Å². The summed E-state index contributed by atoms with van der Waals surface area (Å²) < 4.78 is 5.88. The van der Waals surface area contributed by atoms with Crippen molar-refractivity contribution in [1.82, 2.24) is 0 Å². The van der Waals surface area contributed by atoms with Crippen LogP contribution in [0, 0.1) is 23.7 Å². The maximum absolute atomic E-state index is 13.4. The van der Waals surface area contributed by atoms with Gasteiger partial charge in [0.1, 0.15) is 11.9 Å². The van der Waals surface area contributed by atoms with Gasteiger partial charge in [0.25, 0.3) is 0 Å². The number of ether oxygens (including phenoxy) is 1. The van der Waals surface area contributed by atoms with Crippen LogP contribution in [-0.2, 0) is 14.3 Å². The highest BCUT2D eigenvalue weighted by atomic mass is 16.5. The lowest BCUT2D eigenvalue weighted by molar-refractivity contribution is -0.130. The zero-order valence-electron chi connectivity index (χ0n) is 15.4. The topological polar surface area (TPSA) is 63.6 Å². The fourth-order valence-corrected chi connectivity index (χ4v) is 5.09. The number of aliphatic hydroxyl groups excluding tert-OH is 1. The highest BCUT2D eigenvalue weighted by Crippen LogP contribution is 2.49. The van der Waals surface area contributed by atoms with E-state index in [4.69, 9.17) is 4.74 Å². The molecule has 26 heavy (non-hydrogen) atoms. The van der Waals surface area contributed by atoms with Crippen LogP contribution in [0.3, 0.4) is 0 Å². The molecule has 0 radical (unpaired) electrons. The highest BCUT2D eigenvalue weighted by molar-refractivity contribution is 6.17. The van der Waals surface area contributed by atoms with E-state index in [0.717, 1.165) is 25.7 Å². The minimum Gasteiger partial charge on any atom is -0.512 e. The zero-order valence-corrected chi connectivity index (χ0v) is 15.4. The van der Waals surface area contributed by atoms with E-state index in [2.05, 4.69) is 13.0 Å². The molecule has 0 aromatic heterocycles. The molecule has 0 aromatic carbocycles. The number of rotatable bonds is 3. The van der Waals surface area contributed by atoms with Crippen molar-refractivity contribution < 1.29 is 19.4 Å². The zero-order chi connectivity index (χ0) is 18.4. The summed E-state index contributed by atoms with van der Waals surface area (Å²) in [5.41, 5.74) is 2.43. The Morgan fingerprint density at radius 2 is 1.96 bits per heavy atom. The molecule has 0 aliphatic heterocycles. The van der Waals surface area contributed by atoms with Crippen molar-refractivity contribution in [3.05, 3.63) is 46.8 Å². The standard InChI is InChI=1S/C22H26O4/c1-3-12-8-9-14-13(10-12)11-17(26-4-2)20-19(14)21(24)15-6-5-7-16(23)18(15)22(20)25/h5-7,11-12,14-15,17-18,23H,3-4,8-10H2,1-2H3. The van der Waals surface area contributed by atoms with Crippen LogP contribution < -0.4 is 0 Å². The summed E-state index contributed by atoms with van der Waals surface area (Å²) >= 11 is 0. The van der Waals surface area contributed by atoms with Gasteiger partial charge in [0.15, 0.2) is 11.6 Å². The molecule has 1 fully saturated rings. The summed E-state index contributed by atoms with van der Waals surface area (Å²) in [5, 5.41) is 10.3. The molecule has 4 rings (SSSR count). The monoisotopic (exact) mass is 354 g/mol. The molecule has 0 saturated heterocycles. The van der Waals surface area contributed by atoms with Crippen LogP contribution in [0.25, 0.3) is 0 Å². The van der Waals surface area contributed by atoms with E-state index >= 15 is 0 Å². The Labute approximate surface area is 154 Å². The van der Waals surface area contributed by atoms with Gasteiger partial charge < -0.3 is 9.84 Å². The summed E-state index contributed by atoms with van der Waals surface area (Å²) in [6, 6.07) is 0. The first-order valence-corrected chi connectivity index (χ1v) is 9.78. The van der Waals surface area contributed by atoms with Crippen molar-refractivity contribution in [2.75, 3.05) is 6.61 Å². The summed E-state index contributed by atoms with van der Waals surface area (Å²) in [6.45, 7) is 4.59. The smallest absolute Gasteiger partial charge is 0.173 e. The fourth-order valence-electron chi connectivity index (χ4n) is 5.09. The van der Waals surface area contributed by atoms with Gasteiger partial charge in [0.05, 0.1) is 11.8 Å². The van der Waals surface area contributed by atoms with Crippen molar-refractivity contribution in [1.29, 1.82) is 0 Å². The molecule has 4 aliphatic carbocycles. The number of hydrogen-bond donors (Lipinski definition) is 1. The van der Waals surface area contributed by atoms with E-state index in [1.54, 1.807) is 12.2 Å². The summed E-state index contributed by atoms with van der Waals surface area (Å²) in [6.07, 6.45) is 10.7. The second kappa shape index (κ2) is 6.66. The quantitative estimate of drug-likeness (QED) is 0.782. The van der Waals surface area contributed by atoms with Crippen LogP contribution in [0.5, 0.6) is 0 Å². The molecule has 4 nitrogen and oxygen atoms in total. The van der Waals surface area contributed by atoms with Gasteiger partial charge in [0, 0.05) is 23.7 Å². The number of carbonyl (C=O) groups excluding carboxylic acids is 2. The lowest BCUT2D eigenvalue weighted by Gasteiger charge is -2.42. The third-order valence-corrected chi connectivity index (χ3v) is 6.43. The van der Waals surface area contributed by atoms with E-state index in [1.165, 1.54) is 11.6 Å². The molecule has 4 heteroatoms. The number of hydrogen-bond acceptors (Lipinski definition) is 4. The van der Waals surface area contributed by atoms with Crippen molar-refractivity contribution in [2.45, 2.75) is 45.6 Å². The fraction of sp³-hybridized carbons (Fsp3) is 0.545. The Kier molecular flexibility index (Phi) is 4.47. The average molecular weight is 354 g/mol. The first kappa shape index (κ1) is 17.5. The first-order valence-electron chi connectivity index (χ1n) is 9.78. The SMILES string of the molecule is CCOC1C=C2CC(CC)CCC2C2=C1C(=O)C1C(O)=CC=CC1C2=O. The maximum atomic E-state index is 13.4. The number of Topliss-reactive ketones (excluding diaryl/α,β-unsaturated/α-hetero) is 2. The van der Waals surface area contributed by atoms with Crippen LogP contribution in [0.1, 0.15) is 39.5 Å². The van der Waals surface area contributed by atoms with Gasteiger partial charge in [-0.05, 0) is 38.2 Å². The van der Waals surface area contributed by atoms with E-state index < -0.39 is 17.9 Å². The molecule has 0 aromatic rings. The molecule has 1 N–H and O–H groups in total. The van der Waals surface area contributed by atoms with Crippen LogP contribution in [0.15, 0.2) is 46.8 Å². The first-order chi connectivity index (χ1) is 12.6. The van der Waals surface area contributed by atoms with E-state index in [1.807, 2.05) is 6.92 Å². The molecule has 5 unspecified atom stereocenters. The van der Waals surface area contributed by atoms with E-state index in [-0.39, 0.29) is 23.2 Å². The average Bonchev–Trinajstić information content (AvgIpc) is 2.64. The molecule has 0 bridgehead atoms. The lowest BCUT2D eigenvalue weighted by Crippen LogP contribution is -2.46. The number of ketones is 2. The molecule has 5 atom stereocenters. The summed E-state index contributed by atoms with van der Waals surface area (Å²) in [5.74, 6) is -0.825. The van der Waals surface area contributed by atoms with Gasteiger partial charge in [-0.1, -0.05) is 37.1 Å². The molecular formula is C22H26O4. The predicted octanol–water partition coefficient (Wildman–Crippen LogP) is 3.85. The van der Waals surface area contributed by atoms with Crippen molar-refractivity contribution in [3.63, 3.8) is 0 Å². The number of allylic oxidation sites excluding steroid dienone is 6. The van der Waals surface area contributed by atoms with Gasteiger partial charge in [-0.2, -0.15) is 0 Å². The van der Waals surface area contributed by atoms with E-state index in [0.29, 0.717) is 23.7 Å². The molecule has 0 spiro atoms. The molecular weight excluding hydrogens is 328 g/mol. The van der Waals surface area contributed by atoms with Crippen LogP contribution in [0.2, 0.25) is 0 Å². The van der Waals surface area contributed by atoms with Gasteiger partial charge in [-0.3, -0.25) is 9.59 Å². The molecule has 0 amide bonds. The van der Waals surface area contributed by atoms with Crippen molar-refractivity contribution in [3.8, 4) is 0 Å². The Morgan fingerprint density at radius 3 is 2.69 bits per heavy atom. The largest absolute Gasteiger partial charge is 0.512 e. The van der Waals surface area contributed by atoms with Crippen molar-refractivity contribution >= 4 is 11.6 Å². The second-order valence-electron chi connectivity index (χ2n) is 7.76. The Bertz CT molecular complexity index is 767. The molecule has 0 heterocycles. The second-order valence-corrected chi connectivity index (χ2v) is 7.76. The lowest BCUT2D eigenvalue weighted by atomic mass is 9.61. The summed E-state index contributed by atoms with van der Waals surface area (Å²) in [7, 11) is 0. The van der Waals surface area contributed by atoms with Gasteiger partial charge in [0.2, 0.25) is 0 Å². The Hall–Kier alpha value is -1.94. The number of aliphatic hydroxyl groups is 1. The molecule has 4 aliphatic rings. The van der Waals surface area contributed by atoms with Crippen LogP contribution in [-0.4, -0.2) is 29.4 Å². The minimum atomic E-state index is -0.781. The molecule has 1 saturated carbocycles. The Morgan fingerprint density at radius 1 is 1.15 bits per heavy atom. The maximum Gasteiger partial charge on any atom is 0.173 e. The van der Waals surface area contributed by atoms with Crippen LogP contribution >= 0.6 is 0 Å². The van der Waals surface area contributed by atoms with Gasteiger partial charge >= 0.3 is 0 Å². The molecule has 138 valence electrons. The number of carbonyl (C=O) groups is 2. The highest BCUT2D eigenvalue weighted by Gasteiger charge is 2.50. The van der Waals surface area contributed by atoms with Gasteiger partial charge in [-0.25, -0.2) is 0 Å². The Balaban J connectivity index is 1.81. The van der Waals surface area contributed by atoms with Crippen molar-refractivity contribution in [2.24, 2.45) is 23.7 Å². The summed E-state index contributed by atoms with van der Waals surface area (Å²) in [4.78, 5) is 26.6. The predicted molar refractivity (Wildman–Crippen MR) is 98.5 cm³/mol.